The van der Waals surface area contributed by atoms with Crippen LogP contribution in [-0.4, -0.2) is 6.10 Å². The van der Waals surface area contributed by atoms with Gasteiger partial charge in [-0.25, -0.2) is 0 Å². The molecule has 1 aromatic carbocycles. The average Bonchev–Trinajstić information content (AvgIpc) is 2.44. The molecule has 3 heteroatoms. The molecule has 20 heavy (non-hydrogen) atoms. The Labute approximate surface area is 126 Å². The maximum absolute atomic E-state index is 9.30. The van der Waals surface area contributed by atoms with Gasteiger partial charge in [-0.15, -0.1) is 0 Å². The van der Waals surface area contributed by atoms with Crippen molar-refractivity contribution in [2.75, 3.05) is 0 Å². The number of halogens is 1. The van der Waals surface area contributed by atoms with Crippen molar-refractivity contribution in [1.82, 2.24) is 0 Å². The minimum absolute atomic E-state index is 0.0130. The Kier molecular flexibility index (Phi) is 5.31. The van der Waals surface area contributed by atoms with E-state index in [0.29, 0.717) is 5.92 Å². The number of ether oxygens (including phenoxy) is 1. The van der Waals surface area contributed by atoms with Crippen molar-refractivity contribution in [3.05, 3.63) is 28.8 Å². The lowest BCUT2D eigenvalue weighted by Crippen LogP contribution is -2.33. The maximum Gasteiger partial charge on any atom is 0.120 e. The number of nitriles is 1. The van der Waals surface area contributed by atoms with E-state index in [9.17, 15) is 5.26 Å². The third kappa shape index (κ3) is 3.67. The van der Waals surface area contributed by atoms with Crippen LogP contribution in [0.25, 0.3) is 0 Å². The van der Waals surface area contributed by atoms with Gasteiger partial charge < -0.3 is 4.74 Å². The molecule has 2 nitrogen and oxygen atoms in total. The van der Waals surface area contributed by atoms with E-state index in [1.54, 1.807) is 0 Å². The van der Waals surface area contributed by atoms with E-state index in [1.165, 1.54) is 12.8 Å². The summed E-state index contributed by atoms with van der Waals surface area (Å²) in [6.07, 6.45) is 5.56. The predicted octanol–water partition coefficient (Wildman–Crippen LogP) is 5.14. The van der Waals surface area contributed by atoms with Crippen LogP contribution in [0.4, 0.5) is 0 Å². The Morgan fingerprint density at radius 2 is 2.20 bits per heavy atom. The highest BCUT2D eigenvalue weighted by Crippen LogP contribution is 2.34. The van der Waals surface area contributed by atoms with Crippen LogP contribution in [0.3, 0.4) is 0 Å². The predicted molar refractivity (Wildman–Crippen MR) is 82.0 cm³/mol. The number of aryl methyl sites for hydroxylation is 1. The molecule has 1 aliphatic carbocycles. The first-order valence-corrected chi connectivity index (χ1v) is 7.84. The summed E-state index contributed by atoms with van der Waals surface area (Å²) in [6, 6.07) is 8.13. The van der Waals surface area contributed by atoms with Gasteiger partial charge in [0.05, 0.1) is 12.0 Å². The van der Waals surface area contributed by atoms with Crippen LogP contribution in [0.5, 0.6) is 5.75 Å². The van der Waals surface area contributed by atoms with Gasteiger partial charge in [-0.05, 0) is 55.9 Å². The number of nitrogens with zero attached hydrogens (tertiary/aromatic N) is 1. The summed E-state index contributed by atoms with van der Waals surface area (Å²) >= 11 is 6.04. The van der Waals surface area contributed by atoms with Gasteiger partial charge in [0.15, 0.2) is 0 Å². The molecule has 1 fully saturated rings. The fourth-order valence-electron chi connectivity index (χ4n) is 3.03. The zero-order chi connectivity index (χ0) is 14.5. The number of hydrogen-bond acceptors (Lipinski definition) is 2. The molecule has 108 valence electrons. The molecule has 0 heterocycles. The highest BCUT2D eigenvalue weighted by molar-refractivity contribution is 6.31. The van der Waals surface area contributed by atoms with E-state index in [1.807, 2.05) is 25.1 Å². The molecule has 3 atom stereocenters. The number of rotatable bonds is 4. The molecule has 1 saturated carbocycles. The fourth-order valence-corrected chi connectivity index (χ4v) is 3.14. The zero-order valence-corrected chi connectivity index (χ0v) is 13.0. The second kappa shape index (κ2) is 6.99. The molecule has 0 spiro atoms. The van der Waals surface area contributed by atoms with E-state index < -0.39 is 0 Å². The summed E-state index contributed by atoms with van der Waals surface area (Å²) in [5.74, 6) is 1.54. The lowest BCUT2D eigenvalue weighted by molar-refractivity contribution is 0.0875. The van der Waals surface area contributed by atoms with Crippen molar-refractivity contribution in [3.8, 4) is 11.8 Å². The molecule has 3 unspecified atom stereocenters. The van der Waals surface area contributed by atoms with E-state index in [4.69, 9.17) is 16.3 Å². The summed E-state index contributed by atoms with van der Waals surface area (Å²) in [4.78, 5) is 0. The summed E-state index contributed by atoms with van der Waals surface area (Å²) in [7, 11) is 0. The van der Waals surface area contributed by atoms with Gasteiger partial charge in [-0.3, -0.25) is 0 Å². The van der Waals surface area contributed by atoms with Crippen molar-refractivity contribution < 1.29 is 4.74 Å². The van der Waals surface area contributed by atoms with Crippen molar-refractivity contribution in [1.29, 1.82) is 5.26 Å². The Morgan fingerprint density at radius 1 is 1.40 bits per heavy atom. The van der Waals surface area contributed by atoms with Gasteiger partial charge in [0.25, 0.3) is 0 Å². The molecule has 0 radical (unpaired) electrons. The molecule has 0 aromatic heterocycles. The molecule has 2 rings (SSSR count). The largest absolute Gasteiger partial charge is 0.489 e. The molecule has 0 N–H and O–H groups in total. The monoisotopic (exact) mass is 291 g/mol. The smallest absolute Gasteiger partial charge is 0.120 e. The van der Waals surface area contributed by atoms with Crippen LogP contribution in [0.15, 0.2) is 18.2 Å². The molecule has 0 saturated heterocycles. The standard InChI is InChI=1S/C17H22ClNO/c1-3-4-13-5-6-14(11-19)17(10-13)20-15-7-8-16(18)12(2)9-15/h7-9,13-14,17H,3-6,10H2,1-2H3. The molecule has 0 bridgehead atoms. The summed E-state index contributed by atoms with van der Waals surface area (Å²) in [5, 5.41) is 10.1. The second-order valence-electron chi connectivity index (χ2n) is 5.77. The van der Waals surface area contributed by atoms with Crippen molar-refractivity contribution in [2.45, 2.75) is 52.1 Å². The normalized spacial score (nSPS) is 26.0. The van der Waals surface area contributed by atoms with E-state index >= 15 is 0 Å². The SMILES string of the molecule is CCCC1CCC(C#N)C(Oc2ccc(Cl)c(C)c2)C1. The average molecular weight is 292 g/mol. The zero-order valence-electron chi connectivity index (χ0n) is 12.2. The summed E-state index contributed by atoms with van der Waals surface area (Å²) in [6.45, 7) is 4.19. The second-order valence-corrected chi connectivity index (χ2v) is 6.18. The molecule has 1 aliphatic rings. The van der Waals surface area contributed by atoms with Gasteiger partial charge in [-0.1, -0.05) is 31.4 Å². The summed E-state index contributed by atoms with van der Waals surface area (Å²) < 4.78 is 6.09. The van der Waals surface area contributed by atoms with Crippen LogP contribution in [0.2, 0.25) is 5.02 Å². The third-order valence-corrected chi connectivity index (χ3v) is 4.60. The van der Waals surface area contributed by atoms with Crippen molar-refractivity contribution in [3.63, 3.8) is 0 Å². The highest BCUT2D eigenvalue weighted by Gasteiger charge is 2.31. The molecule has 0 amide bonds. The lowest BCUT2D eigenvalue weighted by Gasteiger charge is -2.33. The van der Waals surface area contributed by atoms with Gasteiger partial charge in [0.2, 0.25) is 0 Å². The van der Waals surface area contributed by atoms with Crippen molar-refractivity contribution in [2.24, 2.45) is 11.8 Å². The van der Waals surface area contributed by atoms with E-state index in [0.717, 1.165) is 35.6 Å². The highest BCUT2D eigenvalue weighted by atomic mass is 35.5. The van der Waals surface area contributed by atoms with Gasteiger partial charge >= 0.3 is 0 Å². The minimum Gasteiger partial charge on any atom is -0.489 e. The van der Waals surface area contributed by atoms with E-state index in [-0.39, 0.29) is 12.0 Å². The number of benzene rings is 1. The Morgan fingerprint density at radius 3 is 2.85 bits per heavy atom. The molecular weight excluding hydrogens is 270 g/mol. The van der Waals surface area contributed by atoms with Gasteiger partial charge in [-0.2, -0.15) is 5.26 Å². The van der Waals surface area contributed by atoms with Crippen molar-refractivity contribution >= 4 is 11.6 Å². The van der Waals surface area contributed by atoms with Crippen LogP contribution in [0, 0.1) is 30.1 Å². The van der Waals surface area contributed by atoms with Crippen LogP contribution in [-0.2, 0) is 0 Å². The molecule has 0 aliphatic heterocycles. The molecule has 1 aromatic rings. The Hall–Kier alpha value is -1.20. The number of hydrogen-bond donors (Lipinski definition) is 0. The fraction of sp³-hybridized carbons (Fsp3) is 0.588. The molecular formula is C17H22ClNO. The Balaban J connectivity index is 2.07. The first kappa shape index (κ1) is 15.2. The first-order chi connectivity index (χ1) is 9.63. The Bertz CT molecular complexity index is 494. The first-order valence-electron chi connectivity index (χ1n) is 7.46. The van der Waals surface area contributed by atoms with Gasteiger partial charge in [0.1, 0.15) is 11.9 Å². The van der Waals surface area contributed by atoms with Gasteiger partial charge in [0, 0.05) is 5.02 Å². The van der Waals surface area contributed by atoms with Crippen LogP contribution in [0.1, 0.15) is 44.6 Å². The van der Waals surface area contributed by atoms with Crippen LogP contribution >= 0.6 is 11.6 Å². The minimum atomic E-state index is 0.0130. The topological polar surface area (TPSA) is 33.0 Å². The van der Waals surface area contributed by atoms with Crippen LogP contribution < -0.4 is 4.74 Å². The quantitative estimate of drug-likeness (QED) is 0.770. The lowest BCUT2D eigenvalue weighted by atomic mass is 9.78. The third-order valence-electron chi connectivity index (χ3n) is 4.18. The summed E-state index contributed by atoms with van der Waals surface area (Å²) in [5.41, 5.74) is 1.01. The van der Waals surface area contributed by atoms with E-state index in [2.05, 4.69) is 13.0 Å². The maximum atomic E-state index is 9.30.